The van der Waals surface area contributed by atoms with Crippen LogP contribution < -0.4 is 14.8 Å². The van der Waals surface area contributed by atoms with Crippen molar-refractivity contribution in [2.75, 3.05) is 26.2 Å². The molecule has 1 atom stereocenters. The summed E-state index contributed by atoms with van der Waals surface area (Å²) in [5, 5.41) is 2.68. The summed E-state index contributed by atoms with van der Waals surface area (Å²) < 4.78 is 54.3. The second kappa shape index (κ2) is 12.0. The maximum Gasteiger partial charge on any atom is 0.407 e. The normalized spacial score (nSPS) is 19.6. The highest BCUT2D eigenvalue weighted by molar-refractivity contribution is 7.87. The van der Waals surface area contributed by atoms with Crippen molar-refractivity contribution in [3.8, 4) is 5.75 Å². The molecule has 2 N–H and O–H groups in total. The first-order valence-electron chi connectivity index (χ1n) is 12.2. The molecule has 2 amide bonds. The van der Waals surface area contributed by atoms with E-state index in [0.29, 0.717) is 25.4 Å². The molecule has 0 aromatic heterocycles. The van der Waals surface area contributed by atoms with Gasteiger partial charge in [-0.15, -0.1) is 0 Å². The predicted molar refractivity (Wildman–Crippen MR) is 134 cm³/mol. The highest BCUT2D eigenvalue weighted by atomic mass is 35.5. The van der Waals surface area contributed by atoms with Crippen molar-refractivity contribution in [2.45, 2.75) is 64.9 Å². The molecule has 1 saturated carbocycles. The number of nitrogens with zero attached hydrogens (tertiary/aromatic N) is 1. The first-order valence-corrected chi connectivity index (χ1v) is 14.1. The maximum atomic E-state index is 14.7. The summed E-state index contributed by atoms with van der Waals surface area (Å²) in [7, 11) is -4.24. The van der Waals surface area contributed by atoms with Gasteiger partial charge in [-0.3, -0.25) is 4.79 Å². The fourth-order valence-electron chi connectivity index (χ4n) is 4.39. The Morgan fingerprint density at radius 1 is 1.14 bits per heavy atom. The fourth-order valence-corrected chi connectivity index (χ4v) is 5.86. The lowest BCUT2D eigenvalue weighted by atomic mass is 10.00. The minimum absolute atomic E-state index is 0.0307. The van der Waals surface area contributed by atoms with Crippen LogP contribution in [0.5, 0.6) is 5.75 Å². The Hall–Kier alpha value is -2.11. The number of halogens is 2. The Balaban J connectivity index is 1.58. The summed E-state index contributed by atoms with van der Waals surface area (Å²) in [5.74, 6) is -1.69. The standard InChI is InChI=1S/C24H35ClFN3O6S/c1-24(2,3)35-23(31)27-13-17-9-6-10-29(14-17)36(32,33)28-22(30)18-11-19(25)21(12-20(18)26)34-15-16-7-4-5-8-16/h11-12,16-17H,4-10,13-15H2,1-3H3,(H,27,31)(H,28,30)/t17-/m1/s1. The molecule has 12 heteroatoms. The minimum atomic E-state index is -4.24. The Bertz CT molecular complexity index is 1060. The van der Waals surface area contributed by atoms with Crippen LogP contribution in [-0.4, -0.2) is 56.6 Å². The quantitative estimate of drug-likeness (QED) is 0.502. The van der Waals surface area contributed by atoms with Gasteiger partial charge in [0.25, 0.3) is 5.91 Å². The van der Waals surface area contributed by atoms with Gasteiger partial charge in [-0.1, -0.05) is 24.4 Å². The van der Waals surface area contributed by atoms with Crippen molar-refractivity contribution >= 4 is 33.8 Å². The Kier molecular flexibility index (Phi) is 9.45. The molecular formula is C24H35ClFN3O6S. The number of alkyl carbamates (subject to hydrolysis) is 1. The van der Waals surface area contributed by atoms with Gasteiger partial charge in [0.05, 0.1) is 17.2 Å². The lowest BCUT2D eigenvalue weighted by Gasteiger charge is -2.32. The molecule has 1 aromatic rings. The van der Waals surface area contributed by atoms with Gasteiger partial charge in [-0.25, -0.2) is 13.9 Å². The molecule has 36 heavy (non-hydrogen) atoms. The van der Waals surface area contributed by atoms with E-state index in [-0.39, 0.29) is 36.3 Å². The summed E-state index contributed by atoms with van der Waals surface area (Å²) in [6, 6.07) is 2.09. The van der Waals surface area contributed by atoms with Crippen LogP contribution in [0.15, 0.2) is 12.1 Å². The molecule has 2 aliphatic rings. The van der Waals surface area contributed by atoms with E-state index in [4.69, 9.17) is 21.1 Å². The molecule has 3 rings (SSSR count). The lowest BCUT2D eigenvalue weighted by Crippen LogP contribution is -2.49. The summed E-state index contributed by atoms with van der Waals surface area (Å²) in [5.41, 5.74) is -1.13. The van der Waals surface area contributed by atoms with E-state index in [1.54, 1.807) is 20.8 Å². The van der Waals surface area contributed by atoms with E-state index in [0.717, 1.165) is 42.1 Å². The van der Waals surface area contributed by atoms with Crippen LogP contribution in [0.1, 0.15) is 69.7 Å². The number of hydrogen-bond donors (Lipinski definition) is 2. The van der Waals surface area contributed by atoms with Crippen molar-refractivity contribution in [2.24, 2.45) is 11.8 Å². The number of hydrogen-bond acceptors (Lipinski definition) is 6. The molecule has 0 spiro atoms. The highest BCUT2D eigenvalue weighted by Gasteiger charge is 2.32. The van der Waals surface area contributed by atoms with Crippen molar-refractivity contribution in [1.29, 1.82) is 0 Å². The van der Waals surface area contributed by atoms with E-state index in [1.807, 2.05) is 4.72 Å². The third-order valence-electron chi connectivity index (χ3n) is 6.19. The average Bonchev–Trinajstić information content (AvgIpc) is 3.30. The number of rotatable bonds is 8. The third kappa shape index (κ3) is 8.21. The molecule has 2 fully saturated rings. The van der Waals surface area contributed by atoms with E-state index in [2.05, 4.69) is 5.32 Å². The maximum absolute atomic E-state index is 14.7. The topological polar surface area (TPSA) is 114 Å². The number of carbonyl (C=O) groups is 2. The molecule has 1 heterocycles. The molecule has 0 radical (unpaired) electrons. The van der Waals surface area contributed by atoms with Gasteiger partial charge < -0.3 is 14.8 Å². The SMILES string of the molecule is CC(C)(C)OC(=O)NC[C@H]1CCCN(S(=O)(=O)NC(=O)c2cc(Cl)c(OCC3CCCC3)cc2F)C1. The van der Waals surface area contributed by atoms with Gasteiger partial charge in [-0.05, 0) is 64.4 Å². The van der Waals surface area contributed by atoms with E-state index < -0.39 is 39.2 Å². The summed E-state index contributed by atoms with van der Waals surface area (Å²) in [6.45, 7) is 6.17. The molecule has 1 aliphatic carbocycles. The van der Waals surface area contributed by atoms with E-state index in [9.17, 15) is 22.4 Å². The molecule has 0 bridgehead atoms. The van der Waals surface area contributed by atoms with Gasteiger partial charge in [0, 0.05) is 25.7 Å². The summed E-state index contributed by atoms with van der Waals surface area (Å²) >= 11 is 6.19. The number of benzene rings is 1. The zero-order valence-electron chi connectivity index (χ0n) is 20.9. The Morgan fingerprint density at radius 2 is 1.81 bits per heavy atom. The predicted octanol–water partition coefficient (Wildman–Crippen LogP) is 4.26. The van der Waals surface area contributed by atoms with Crippen LogP contribution >= 0.6 is 11.6 Å². The van der Waals surface area contributed by atoms with E-state index >= 15 is 0 Å². The average molecular weight is 548 g/mol. The van der Waals surface area contributed by atoms with E-state index in [1.165, 1.54) is 0 Å². The fraction of sp³-hybridized carbons (Fsp3) is 0.667. The molecular weight excluding hydrogens is 513 g/mol. The summed E-state index contributed by atoms with van der Waals surface area (Å²) in [4.78, 5) is 24.5. The van der Waals surface area contributed by atoms with Crippen molar-refractivity contribution in [3.05, 3.63) is 28.5 Å². The highest BCUT2D eigenvalue weighted by Crippen LogP contribution is 2.31. The molecule has 1 aliphatic heterocycles. The minimum Gasteiger partial charge on any atom is -0.492 e. The first kappa shape index (κ1) is 28.5. The van der Waals surface area contributed by atoms with Crippen LogP contribution in [-0.2, 0) is 14.9 Å². The smallest absolute Gasteiger partial charge is 0.407 e. The number of amides is 2. The van der Waals surface area contributed by atoms with Gasteiger partial charge in [0.2, 0.25) is 0 Å². The van der Waals surface area contributed by atoms with Crippen molar-refractivity contribution in [1.82, 2.24) is 14.3 Å². The Morgan fingerprint density at radius 3 is 2.47 bits per heavy atom. The third-order valence-corrected chi connectivity index (χ3v) is 7.94. The summed E-state index contributed by atoms with van der Waals surface area (Å²) in [6.07, 6.45) is 5.04. The molecule has 9 nitrogen and oxygen atoms in total. The van der Waals surface area contributed by atoms with Crippen LogP contribution in [0.4, 0.5) is 9.18 Å². The van der Waals surface area contributed by atoms with Gasteiger partial charge >= 0.3 is 16.3 Å². The van der Waals surface area contributed by atoms with Crippen molar-refractivity contribution < 1.29 is 31.9 Å². The largest absolute Gasteiger partial charge is 0.492 e. The van der Waals surface area contributed by atoms with Gasteiger partial charge in [0.15, 0.2) is 0 Å². The zero-order valence-corrected chi connectivity index (χ0v) is 22.5. The molecule has 202 valence electrons. The van der Waals surface area contributed by atoms with Crippen LogP contribution in [0.2, 0.25) is 5.02 Å². The van der Waals surface area contributed by atoms with Crippen LogP contribution in [0.25, 0.3) is 0 Å². The zero-order chi connectivity index (χ0) is 26.5. The number of piperidine rings is 1. The van der Waals surface area contributed by atoms with Gasteiger partial charge in [0.1, 0.15) is 17.2 Å². The molecule has 0 unspecified atom stereocenters. The number of nitrogens with one attached hydrogen (secondary N) is 2. The number of ether oxygens (including phenoxy) is 2. The monoisotopic (exact) mass is 547 g/mol. The first-order chi connectivity index (χ1) is 16.8. The van der Waals surface area contributed by atoms with Crippen molar-refractivity contribution in [3.63, 3.8) is 0 Å². The lowest BCUT2D eigenvalue weighted by molar-refractivity contribution is 0.0513. The second-order valence-electron chi connectivity index (χ2n) is 10.4. The molecule has 1 saturated heterocycles. The number of carbonyl (C=O) groups excluding carboxylic acids is 2. The van der Waals surface area contributed by atoms with Crippen LogP contribution in [0.3, 0.4) is 0 Å². The second-order valence-corrected chi connectivity index (χ2v) is 12.5. The Labute approximate surface area is 217 Å². The van der Waals surface area contributed by atoms with Gasteiger partial charge in [-0.2, -0.15) is 12.7 Å². The molecule has 1 aromatic carbocycles. The van der Waals surface area contributed by atoms with Crippen LogP contribution in [0, 0.1) is 17.7 Å².